The molecule has 0 aromatic heterocycles. The summed E-state index contributed by atoms with van der Waals surface area (Å²) in [7, 11) is 0. The van der Waals surface area contributed by atoms with E-state index in [-0.39, 0.29) is 18.1 Å². The third kappa shape index (κ3) is 3.64. The standard InChI is InChI=1S/C11H19NO3/c1-4-10(13)15-7-9(8(2)3)11-12-5-6-14-11/h4,8-9,11-12H,1,5-7H2,2-3H3. The molecule has 0 aromatic carbocycles. The topological polar surface area (TPSA) is 47.6 Å². The van der Waals surface area contributed by atoms with E-state index in [9.17, 15) is 4.79 Å². The quantitative estimate of drug-likeness (QED) is 0.545. The Balaban J connectivity index is 2.42. The van der Waals surface area contributed by atoms with Gasteiger partial charge in [0.05, 0.1) is 13.2 Å². The van der Waals surface area contributed by atoms with Crippen molar-refractivity contribution in [2.24, 2.45) is 11.8 Å². The van der Waals surface area contributed by atoms with E-state index in [4.69, 9.17) is 9.47 Å². The van der Waals surface area contributed by atoms with Crippen molar-refractivity contribution >= 4 is 5.97 Å². The number of hydrogen-bond donors (Lipinski definition) is 1. The lowest BCUT2D eigenvalue weighted by atomic mass is 9.95. The summed E-state index contributed by atoms with van der Waals surface area (Å²) in [5, 5.41) is 3.24. The Hall–Kier alpha value is -0.870. The van der Waals surface area contributed by atoms with Crippen LogP contribution in [0.2, 0.25) is 0 Å². The lowest BCUT2D eigenvalue weighted by Gasteiger charge is -2.25. The maximum atomic E-state index is 11.0. The minimum Gasteiger partial charge on any atom is -0.462 e. The summed E-state index contributed by atoms with van der Waals surface area (Å²) in [5.41, 5.74) is 0. The number of nitrogens with one attached hydrogen (secondary N) is 1. The lowest BCUT2D eigenvalue weighted by molar-refractivity contribution is -0.141. The molecule has 1 aliphatic rings. The average Bonchev–Trinajstić information content (AvgIpc) is 2.70. The van der Waals surface area contributed by atoms with Gasteiger partial charge in [-0.25, -0.2) is 4.79 Å². The first-order chi connectivity index (χ1) is 7.15. The van der Waals surface area contributed by atoms with Crippen LogP contribution in [0.25, 0.3) is 0 Å². The van der Waals surface area contributed by atoms with Gasteiger partial charge in [0.15, 0.2) is 0 Å². The minimum absolute atomic E-state index is 0.00242. The molecule has 0 bridgehead atoms. The van der Waals surface area contributed by atoms with Crippen LogP contribution in [0.5, 0.6) is 0 Å². The van der Waals surface area contributed by atoms with Gasteiger partial charge in [-0.05, 0) is 5.92 Å². The van der Waals surface area contributed by atoms with Crippen LogP contribution in [0.4, 0.5) is 0 Å². The van der Waals surface area contributed by atoms with Gasteiger partial charge >= 0.3 is 5.97 Å². The predicted octanol–water partition coefficient (Wildman–Crippen LogP) is 0.934. The van der Waals surface area contributed by atoms with Gasteiger partial charge in [-0.2, -0.15) is 0 Å². The molecule has 15 heavy (non-hydrogen) atoms. The Bertz CT molecular complexity index is 222. The van der Waals surface area contributed by atoms with Crippen LogP contribution < -0.4 is 5.32 Å². The van der Waals surface area contributed by atoms with E-state index in [2.05, 4.69) is 25.7 Å². The number of carbonyl (C=O) groups excluding carboxylic acids is 1. The van der Waals surface area contributed by atoms with Crippen molar-refractivity contribution in [2.75, 3.05) is 19.8 Å². The van der Waals surface area contributed by atoms with Crippen LogP contribution in [0.3, 0.4) is 0 Å². The molecule has 1 N–H and O–H groups in total. The molecule has 0 spiro atoms. The normalized spacial score (nSPS) is 22.7. The highest BCUT2D eigenvalue weighted by atomic mass is 16.5. The molecule has 1 heterocycles. The Kier molecular flexibility index (Phi) is 4.78. The van der Waals surface area contributed by atoms with Crippen LogP contribution in [-0.2, 0) is 14.3 Å². The molecule has 1 saturated heterocycles. The maximum absolute atomic E-state index is 11.0. The predicted molar refractivity (Wildman–Crippen MR) is 57.2 cm³/mol. The van der Waals surface area contributed by atoms with E-state index < -0.39 is 0 Å². The molecule has 86 valence electrons. The van der Waals surface area contributed by atoms with E-state index in [1.165, 1.54) is 6.08 Å². The molecule has 0 aromatic rings. The molecular weight excluding hydrogens is 194 g/mol. The smallest absolute Gasteiger partial charge is 0.330 e. The Morgan fingerprint density at radius 1 is 1.73 bits per heavy atom. The molecule has 0 aliphatic carbocycles. The zero-order valence-corrected chi connectivity index (χ0v) is 9.36. The summed E-state index contributed by atoms with van der Waals surface area (Å²) in [6.07, 6.45) is 1.18. The second-order valence-electron chi connectivity index (χ2n) is 3.99. The number of hydrogen-bond acceptors (Lipinski definition) is 4. The first-order valence-electron chi connectivity index (χ1n) is 5.29. The number of esters is 1. The van der Waals surface area contributed by atoms with Crippen molar-refractivity contribution in [2.45, 2.75) is 20.1 Å². The summed E-state index contributed by atoms with van der Waals surface area (Å²) in [5.74, 6) is 0.216. The summed E-state index contributed by atoms with van der Waals surface area (Å²) in [6, 6.07) is 0. The van der Waals surface area contributed by atoms with Crippen molar-refractivity contribution in [3.8, 4) is 0 Å². The highest BCUT2D eigenvalue weighted by Crippen LogP contribution is 2.19. The van der Waals surface area contributed by atoms with Gasteiger partial charge in [0.2, 0.25) is 0 Å². The van der Waals surface area contributed by atoms with E-state index in [0.29, 0.717) is 12.5 Å². The third-order valence-corrected chi connectivity index (χ3v) is 2.57. The van der Waals surface area contributed by atoms with E-state index in [1.54, 1.807) is 0 Å². The zero-order valence-electron chi connectivity index (χ0n) is 9.36. The Labute approximate surface area is 90.6 Å². The summed E-state index contributed by atoms with van der Waals surface area (Å²) in [6.45, 7) is 9.51. The van der Waals surface area contributed by atoms with Crippen LogP contribution in [0.1, 0.15) is 13.8 Å². The Morgan fingerprint density at radius 3 is 2.93 bits per heavy atom. The second kappa shape index (κ2) is 5.88. The number of carbonyl (C=O) groups is 1. The van der Waals surface area contributed by atoms with E-state index in [0.717, 1.165) is 13.2 Å². The highest BCUT2D eigenvalue weighted by molar-refractivity contribution is 5.81. The fraction of sp³-hybridized carbons (Fsp3) is 0.727. The highest BCUT2D eigenvalue weighted by Gasteiger charge is 2.28. The van der Waals surface area contributed by atoms with Crippen LogP contribution in [0.15, 0.2) is 12.7 Å². The first-order valence-corrected chi connectivity index (χ1v) is 5.29. The molecule has 4 nitrogen and oxygen atoms in total. The van der Waals surface area contributed by atoms with Crippen LogP contribution >= 0.6 is 0 Å². The van der Waals surface area contributed by atoms with Gasteiger partial charge in [0.25, 0.3) is 0 Å². The van der Waals surface area contributed by atoms with Gasteiger partial charge in [-0.1, -0.05) is 20.4 Å². The van der Waals surface area contributed by atoms with Gasteiger partial charge < -0.3 is 9.47 Å². The molecular formula is C11H19NO3. The van der Waals surface area contributed by atoms with Gasteiger partial charge in [0.1, 0.15) is 6.23 Å². The SMILES string of the molecule is C=CC(=O)OCC(C(C)C)C1NCCO1. The molecule has 4 heteroatoms. The Morgan fingerprint density at radius 2 is 2.47 bits per heavy atom. The summed E-state index contributed by atoms with van der Waals surface area (Å²) < 4.78 is 10.6. The first kappa shape index (κ1) is 12.2. The minimum atomic E-state index is -0.376. The van der Waals surface area contributed by atoms with Gasteiger partial charge in [0, 0.05) is 18.5 Å². The largest absolute Gasteiger partial charge is 0.462 e. The fourth-order valence-electron chi connectivity index (χ4n) is 1.59. The van der Waals surface area contributed by atoms with Crippen molar-refractivity contribution < 1.29 is 14.3 Å². The summed E-state index contributed by atoms with van der Waals surface area (Å²) >= 11 is 0. The number of ether oxygens (including phenoxy) is 2. The molecule has 1 aliphatic heterocycles. The number of rotatable bonds is 5. The van der Waals surface area contributed by atoms with Crippen molar-refractivity contribution in [1.29, 1.82) is 0 Å². The van der Waals surface area contributed by atoms with Crippen LogP contribution in [-0.4, -0.2) is 32.0 Å². The molecule has 1 fully saturated rings. The molecule has 1 rings (SSSR count). The summed E-state index contributed by atoms with van der Waals surface area (Å²) in [4.78, 5) is 11.0. The maximum Gasteiger partial charge on any atom is 0.330 e. The van der Waals surface area contributed by atoms with Gasteiger partial charge in [-0.15, -0.1) is 0 Å². The van der Waals surface area contributed by atoms with Crippen molar-refractivity contribution in [3.05, 3.63) is 12.7 Å². The fourth-order valence-corrected chi connectivity index (χ4v) is 1.59. The van der Waals surface area contributed by atoms with E-state index in [1.807, 2.05) is 0 Å². The van der Waals surface area contributed by atoms with Crippen LogP contribution in [0, 0.1) is 11.8 Å². The monoisotopic (exact) mass is 213 g/mol. The van der Waals surface area contributed by atoms with Gasteiger partial charge in [-0.3, -0.25) is 5.32 Å². The molecule has 2 atom stereocenters. The molecule has 0 saturated carbocycles. The zero-order chi connectivity index (χ0) is 11.3. The molecule has 0 radical (unpaired) electrons. The molecule has 0 amide bonds. The third-order valence-electron chi connectivity index (χ3n) is 2.57. The lowest BCUT2D eigenvalue weighted by Crippen LogP contribution is -2.38. The van der Waals surface area contributed by atoms with Crippen molar-refractivity contribution in [3.63, 3.8) is 0 Å². The average molecular weight is 213 g/mol. The van der Waals surface area contributed by atoms with Crippen molar-refractivity contribution in [1.82, 2.24) is 5.32 Å². The van der Waals surface area contributed by atoms with E-state index >= 15 is 0 Å². The molecule has 2 unspecified atom stereocenters. The second-order valence-corrected chi connectivity index (χ2v) is 3.99.